The molecule has 0 bridgehead atoms. The predicted octanol–water partition coefficient (Wildman–Crippen LogP) is 4.97. The molecule has 136 valence electrons. The van der Waals surface area contributed by atoms with Crippen LogP contribution in [0.15, 0.2) is 48.2 Å². The van der Waals surface area contributed by atoms with Crippen LogP contribution in [0, 0.1) is 0 Å². The van der Waals surface area contributed by atoms with Crippen molar-refractivity contribution in [1.29, 1.82) is 0 Å². The number of allylic oxidation sites excluding steroid dienone is 1. The maximum Gasteiger partial charge on any atom is 0.231 e. The highest BCUT2D eigenvalue weighted by Gasteiger charge is 2.42. The summed E-state index contributed by atoms with van der Waals surface area (Å²) in [5.74, 6) is 1.18. The molecule has 2 heterocycles. The number of carbonyl (C=O) groups is 2. The minimum absolute atomic E-state index is 0.0641. The zero-order valence-corrected chi connectivity index (χ0v) is 15.0. The minimum atomic E-state index is -0.373. The van der Waals surface area contributed by atoms with Gasteiger partial charge in [0.05, 0.1) is 17.5 Å². The molecule has 2 aliphatic heterocycles. The van der Waals surface area contributed by atoms with E-state index in [4.69, 9.17) is 9.47 Å². The number of ether oxygens (including phenoxy) is 2. The average Bonchev–Trinajstić information content (AvgIpc) is 2.97. The first-order valence-corrected chi connectivity index (χ1v) is 9.53. The van der Waals surface area contributed by atoms with Gasteiger partial charge in [-0.3, -0.25) is 9.59 Å². The van der Waals surface area contributed by atoms with Crippen LogP contribution in [0.4, 0.5) is 0 Å². The number of fused-ring (bicyclic) bond motifs is 2. The fraction of sp³-hybridized carbons (Fsp3) is 0.304. The first-order chi connectivity index (χ1) is 13.1. The second-order valence-electron chi connectivity index (χ2n) is 7.64. The maximum absolute atomic E-state index is 12.8. The van der Waals surface area contributed by atoms with Crippen LogP contribution in [0.3, 0.4) is 0 Å². The molecule has 0 N–H and O–H groups in total. The molecule has 3 aliphatic rings. The molecule has 1 spiro atoms. The molecular formula is C23H20O4. The van der Waals surface area contributed by atoms with Crippen molar-refractivity contribution in [3.63, 3.8) is 0 Å². The third-order valence-corrected chi connectivity index (χ3v) is 5.74. The van der Waals surface area contributed by atoms with Crippen molar-refractivity contribution in [2.45, 2.75) is 44.1 Å². The summed E-state index contributed by atoms with van der Waals surface area (Å²) >= 11 is 0. The molecule has 27 heavy (non-hydrogen) atoms. The van der Waals surface area contributed by atoms with E-state index in [2.05, 4.69) is 0 Å². The maximum atomic E-state index is 12.8. The third kappa shape index (κ3) is 2.76. The molecular weight excluding hydrogens is 340 g/mol. The highest BCUT2D eigenvalue weighted by Crippen LogP contribution is 2.45. The number of benzene rings is 2. The molecule has 1 aliphatic carbocycles. The van der Waals surface area contributed by atoms with E-state index in [1.807, 2.05) is 30.3 Å². The number of Topliss-reactive ketones (excluding diaryl/α,β-unsaturated/α-hetero) is 2. The van der Waals surface area contributed by atoms with Gasteiger partial charge in [-0.15, -0.1) is 0 Å². The summed E-state index contributed by atoms with van der Waals surface area (Å²) in [6.45, 7) is 0. The van der Waals surface area contributed by atoms with Gasteiger partial charge in [0.15, 0.2) is 11.5 Å². The van der Waals surface area contributed by atoms with Crippen molar-refractivity contribution in [3.8, 4) is 11.5 Å². The van der Waals surface area contributed by atoms with Crippen LogP contribution >= 0.6 is 0 Å². The molecule has 0 atom stereocenters. The lowest BCUT2D eigenvalue weighted by atomic mass is 9.78. The van der Waals surface area contributed by atoms with Crippen molar-refractivity contribution < 1.29 is 19.1 Å². The SMILES string of the molecule is O=C1CC2(CCCCC2)Oc2cc3c(cc21)C(=O)/C(=C/c1ccccc1)O3. The van der Waals surface area contributed by atoms with Crippen LogP contribution in [0.5, 0.6) is 11.5 Å². The van der Waals surface area contributed by atoms with E-state index in [9.17, 15) is 9.59 Å². The Balaban J connectivity index is 1.51. The van der Waals surface area contributed by atoms with Gasteiger partial charge < -0.3 is 9.47 Å². The molecule has 0 saturated heterocycles. The Labute approximate surface area is 157 Å². The zero-order chi connectivity index (χ0) is 18.4. The van der Waals surface area contributed by atoms with Crippen molar-refractivity contribution in [1.82, 2.24) is 0 Å². The molecule has 2 aromatic rings. The number of rotatable bonds is 1. The van der Waals surface area contributed by atoms with Crippen LogP contribution in [-0.2, 0) is 0 Å². The van der Waals surface area contributed by atoms with Gasteiger partial charge in [-0.2, -0.15) is 0 Å². The van der Waals surface area contributed by atoms with Gasteiger partial charge in [0.1, 0.15) is 17.1 Å². The van der Waals surface area contributed by atoms with Crippen LogP contribution in [0.25, 0.3) is 6.08 Å². The molecule has 0 radical (unpaired) electrons. The largest absolute Gasteiger partial charge is 0.486 e. The van der Waals surface area contributed by atoms with Gasteiger partial charge >= 0.3 is 0 Å². The van der Waals surface area contributed by atoms with E-state index in [0.717, 1.165) is 31.2 Å². The van der Waals surface area contributed by atoms with E-state index in [1.54, 1.807) is 18.2 Å². The molecule has 2 aromatic carbocycles. The molecule has 4 heteroatoms. The Morgan fingerprint density at radius 3 is 2.44 bits per heavy atom. The Bertz CT molecular complexity index is 965. The lowest BCUT2D eigenvalue weighted by Crippen LogP contribution is -2.43. The first-order valence-electron chi connectivity index (χ1n) is 9.53. The van der Waals surface area contributed by atoms with E-state index >= 15 is 0 Å². The van der Waals surface area contributed by atoms with Crippen LogP contribution in [-0.4, -0.2) is 17.2 Å². The van der Waals surface area contributed by atoms with Crippen molar-refractivity contribution in [2.75, 3.05) is 0 Å². The number of carbonyl (C=O) groups excluding carboxylic acids is 2. The fourth-order valence-electron chi connectivity index (χ4n) is 4.35. The van der Waals surface area contributed by atoms with Crippen molar-refractivity contribution in [3.05, 3.63) is 64.9 Å². The lowest BCUT2D eigenvalue weighted by molar-refractivity contribution is 0.0135. The predicted molar refractivity (Wildman–Crippen MR) is 101 cm³/mol. The Morgan fingerprint density at radius 2 is 1.67 bits per heavy atom. The summed E-state index contributed by atoms with van der Waals surface area (Å²) < 4.78 is 12.1. The topological polar surface area (TPSA) is 52.6 Å². The molecule has 5 rings (SSSR count). The molecule has 0 amide bonds. The Morgan fingerprint density at radius 1 is 0.889 bits per heavy atom. The molecule has 0 unspecified atom stereocenters. The van der Waals surface area contributed by atoms with Gasteiger partial charge in [0.2, 0.25) is 5.78 Å². The van der Waals surface area contributed by atoms with Crippen LogP contribution < -0.4 is 9.47 Å². The standard InChI is InChI=1S/C23H20O4/c24-18-14-23(9-5-2-6-10-23)27-20-13-19-17(12-16(18)20)22(25)21(26-19)11-15-7-3-1-4-8-15/h1,3-4,7-8,11-13H,2,5-6,9-10,14H2/b21-11-. The highest BCUT2D eigenvalue weighted by molar-refractivity contribution is 6.16. The summed E-state index contributed by atoms with van der Waals surface area (Å²) in [7, 11) is 0. The average molecular weight is 360 g/mol. The first kappa shape index (κ1) is 16.3. The Hall–Kier alpha value is -2.88. The second kappa shape index (κ2) is 6.08. The quantitative estimate of drug-likeness (QED) is 0.674. The lowest BCUT2D eigenvalue weighted by Gasteiger charge is -2.40. The van der Waals surface area contributed by atoms with Crippen LogP contribution in [0.1, 0.15) is 64.8 Å². The third-order valence-electron chi connectivity index (χ3n) is 5.74. The second-order valence-corrected chi connectivity index (χ2v) is 7.64. The van der Waals surface area contributed by atoms with Crippen molar-refractivity contribution >= 4 is 17.6 Å². The molecule has 1 saturated carbocycles. The summed E-state index contributed by atoms with van der Waals surface area (Å²) in [5, 5.41) is 0. The van der Waals surface area contributed by atoms with Crippen LogP contribution in [0.2, 0.25) is 0 Å². The van der Waals surface area contributed by atoms with Gasteiger partial charge in [0.25, 0.3) is 0 Å². The van der Waals surface area contributed by atoms with E-state index < -0.39 is 0 Å². The molecule has 1 fully saturated rings. The van der Waals surface area contributed by atoms with Gasteiger partial charge in [-0.1, -0.05) is 36.8 Å². The minimum Gasteiger partial charge on any atom is -0.486 e. The molecule has 4 nitrogen and oxygen atoms in total. The monoisotopic (exact) mass is 360 g/mol. The zero-order valence-electron chi connectivity index (χ0n) is 15.0. The van der Waals surface area contributed by atoms with Crippen molar-refractivity contribution in [2.24, 2.45) is 0 Å². The van der Waals surface area contributed by atoms with Gasteiger partial charge in [-0.25, -0.2) is 0 Å². The summed E-state index contributed by atoms with van der Waals surface area (Å²) in [6.07, 6.45) is 7.33. The van der Waals surface area contributed by atoms with E-state index in [1.165, 1.54) is 6.42 Å². The van der Waals surface area contributed by atoms with E-state index in [0.29, 0.717) is 29.0 Å². The number of hydrogen-bond acceptors (Lipinski definition) is 4. The van der Waals surface area contributed by atoms with Gasteiger partial charge in [-0.05, 0) is 43.4 Å². The summed E-state index contributed by atoms with van der Waals surface area (Å²) in [6, 6.07) is 12.9. The summed E-state index contributed by atoms with van der Waals surface area (Å²) in [4.78, 5) is 25.5. The van der Waals surface area contributed by atoms with Gasteiger partial charge in [0, 0.05) is 6.07 Å². The molecule has 0 aromatic heterocycles. The number of hydrogen-bond donors (Lipinski definition) is 0. The normalized spacial score (nSPS) is 21.6. The fourth-order valence-corrected chi connectivity index (χ4v) is 4.35. The summed E-state index contributed by atoms with van der Waals surface area (Å²) in [5.41, 5.74) is 1.46. The Kier molecular flexibility index (Phi) is 3.67. The smallest absolute Gasteiger partial charge is 0.231 e. The highest BCUT2D eigenvalue weighted by atomic mass is 16.5. The number of ketones is 2. The van der Waals surface area contributed by atoms with E-state index in [-0.39, 0.29) is 22.9 Å².